The highest BCUT2D eigenvalue weighted by Gasteiger charge is 2.36. The molecule has 4 amide bonds. The zero-order valence-corrected chi connectivity index (χ0v) is 20.3. The quantitative estimate of drug-likeness (QED) is 0.275. The van der Waals surface area contributed by atoms with Crippen LogP contribution in [0.25, 0.3) is 6.08 Å². The topological polar surface area (TPSA) is 102 Å². The van der Waals surface area contributed by atoms with Crippen LogP contribution in [0.1, 0.15) is 21.5 Å². The fourth-order valence-corrected chi connectivity index (χ4v) is 3.70. The summed E-state index contributed by atoms with van der Waals surface area (Å²) in [4.78, 5) is 50.3. The van der Waals surface area contributed by atoms with Gasteiger partial charge in [-0.2, -0.15) is 0 Å². The minimum Gasteiger partial charge on any atom is -0.489 e. The molecule has 1 fully saturated rings. The van der Waals surface area contributed by atoms with Gasteiger partial charge < -0.3 is 9.47 Å². The number of carbonyl (C=O) groups is 4. The first-order chi connectivity index (χ1) is 17.3. The number of hydrogen-bond acceptors (Lipinski definition) is 6. The number of hydrogen-bond donors (Lipinski definition) is 1. The number of ether oxygens (including phenoxy) is 2. The number of halogens is 2. The molecule has 4 rings (SSSR count). The molecule has 36 heavy (non-hydrogen) atoms. The van der Waals surface area contributed by atoms with Gasteiger partial charge in [-0.15, -0.1) is 0 Å². The van der Waals surface area contributed by atoms with Gasteiger partial charge in [0, 0.05) is 0 Å². The summed E-state index contributed by atoms with van der Waals surface area (Å²) in [6.45, 7) is 0.268. The maximum absolute atomic E-state index is 13.0. The van der Waals surface area contributed by atoms with Crippen LogP contribution in [0.2, 0.25) is 10.0 Å². The number of anilines is 1. The molecule has 1 heterocycles. The SMILES string of the molecule is COC(=O)c1ccc(N2C(=O)NC(=O)/C(=C\c3ccc(OCc4ccc(Cl)c(Cl)c4)cc3)C2=O)cc1. The van der Waals surface area contributed by atoms with E-state index in [4.69, 9.17) is 27.9 Å². The van der Waals surface area contributed by atoms with E-state index < -0.39 is 23.8 Å². The van der Waals surface area contributed by atoms with Crippen LogP contribution in [0, 0.1) is 0 Å². The number of rotatable bonds is 6. The predicted molar refractivity (Wildman–Crippen MR) is 134 cm³/mol. The van der Waals surface area contributed by atoms with E-state index in [2.05, 4.69) is 10.1 Å². The minimum atomic E-state index is -0.890. The molecule has 182 valence electrons. The maximum Gasteiger partial charge on any atom is 0.337 e. The Labute approximate surface area is 216 Å². The van der Waals surface area contributed by atoms with Crippen molar-refractivity contribution in [2.75, 3.05) is 12.0 Å². The van der Waals surface area contributed by atoms with Crippen molar-refractivity contribution >= 4 is 58.8 Å². The van der Waals surface area contributed by atoms with E-state index in [1.165, 1.54) is 37.5 Å². The Morgan fingerprint density at radius 1 is 0.944 bits per heavy atom. The summed E-state index contributed by atoms with van der Waals surface area (Å²) in [5.41, 5.74) is 1.60. The highest BCUT2D eigenvalue weighted by molar-refractivity contribution is 6.42. The second-order valence-electron chi connectivity index (χ2n) is 7.60. The Bertz CT molecular complexity index is 1380. The predicted octanol–water partition coefficient (Wildman–Crippen LogP) is 5.03. The molecule has 0 saturated carbocycles. The molecule has 1 N–H and O–H groups in total. The molecule has 8 nitrogen and oxygen atoms in total. The van der Waals surface area contributed by atoms with Crippen LogP contribution in [0.3, 0.4) is 0 Å². The Balaban J connectivity index is 1.50. The number of carbonyl (C=O) groups excluding carboxylic acids is 4. The van der Waals surface area contributed by atoms with Crippen LogP contribution < -0.4 is 15.0 Å². The number of nitrogens with one attached hydrogen (secondary N) is 1. The normalized spacial score (nSPS) is 14.6. The summed E-state index contributed by atoms with van der Waals surface area (Å²) >= 11 is 11.9. The summed E-state index contributed by atoms with van der Waals surface area (Å²) in [5, 5.41) is 3.05. The molecule has 0 bridgehead atoms. The maximum atomic E-state index is 13.0. The molecule has 10 heteroatoms. The van der Waals surface area contributed by atoms with Gasteiger partial charge >= 0.3 is 12.0 Å². The number of imide groups is 2. The largest absolute Gasteiger partial charge is 0.489 e. The highest BCUT2D eigenvalue weighted by atomic mass is 35.5. The summed E-state index contributed by atoms with van der Waals surface area (Å²) in [6.07, 6.45) is 1.38. The monoisotopic (exact) mass is 524 g/mol. The third-order valence-electron chi connectivity index (χ3n) is 5.23. The molecule has 0 aliphatic carbocycles. The number of methoxy groups -OCH3 is 1. The number of nitrogens with zero attached hydrogens (tertiary/aromatic N) is 1. The summed E-state index contributed by atoms with van der Waals surface area (Å²) in [6, 6.07) is 16.7. The van der Waals surface area contributed by atoms with Crippen LogP contribution in [-0.2, 0) is 20.9 Å². The van der Waals surface area contributed by atoms with Crippen molar-refractivity contribution in [1.29, 1.82) is 0 Å². The van der Waals surface area contributed by atoms with Crippen molar-refractivity contribution in [2.24, 2.45) is 0 Å². The van der Waals surface area contributed by atoms with Crippen molar-refractivity contribution in [1.82, 2.24) is 5.32 Å². The van der Waals surface area contributed by atoms with Gasteiger partial charge in [-0.3, -0.25) is 14.9 Å². The second kappa shape index (κ2) is 10.6. The molecule has 0 atom stereocenters. The van der Waals surface area contributed by atoms with Gasteiger partial charge in [-0.1, -0.05) is 41.4 Å². The Morgan fingerprint density at radius 3 is 2.28 bits per heavy atom. The molecule has 1 aliphatic heterocycles. The number of amides is 4. The number of urea groups is 1. The lowest BCUT2D eigenvalue weighted by molar-refractivity contribution is -0.122. The summed E-state index contributed by atoms with van der Waals surface area (Å²) < 4.78 is 10.4. The molecule has 3 aromatic rings. The van der Waals surface area contributed by atoms with Crippen LogP contribution >= 0.6 is 23.2 Å². The van der Waals surface area contributed by atoms with Crippen LogP contribution in [0.4, 0.5) is 10.5 Å². The molecular weight excluding hydrogens is 507 g/mol. The van der Waals surface area contributed by atoms with Crippen molar-refractivity contribution < 1.29 is 28.7 Å². The average Bonchev–Trinajstić information content (AvgIpc) is 2.87. The van der Waals surface area contributed by atoms with Crippen molar-refractivity contribution in [3.63, 3.8) is 0 Å². The molecule has 1 saturated heterocycles. The molecule has 1 aliphatic rings. The fourth-order valence-electron chi connectivity index (χ4n) is 3.38. The molecule has 3 aromatic carbocycles. The molecular formula is C26H18Cl2N2O6. The Kier molecular flexibility index (Phi) is 7.38. The smallest absolute Gasteiger partial charge is 0.337 e. The van der Waals surface area contributed by atoms with Gasteiger partial charge in [0.15, 0.2) is 0 Å². The Hall–Kier alpha value is -4.14. The number of benzene rings is 3. The first-order valence-corrected chi connectivity index (χ1v) is 11.3. The Morgan fingerprint density at radius 2 is 1.64 bits per heavy atom. The van der Waals surface area contributed by atoms with Gasteiger partial charge in [0.2, 0.25) is 0 Å². The lowest BCUT2D eigenvalue weighted by Gasteiger charge is -2.26. The van der Waals surface area contributed by atoms with E-state index in [-0.39, 0.29) is 23.4 Å². The van der Waals surface area contributed by atoms with E-state index in [0.717, 1.165) is 10.5 Å². The summed E-state index contributed by atoms with van der Waals surface area (Å²) in [5.74, 6) is -1.61. The lowest BCUT2D eigenvalue weighted by atomic mass is 10.1. The second-order valence-corrected chi connectivity index (χ2v) is 8.42. The zero-order chi connectivity index (χ0) is 25.8. The third kappa shape index (κ3) is 5.40. The van der Waals surface area contributed by atoms with Crippen molar-refractivity contribution in [3.05, 3.63) is 99.0 Å². The van der Waals surface area contributed by atoms with Crippen molar-refractivity contribution in [2.45, 2.75) is 6.61 Å². The molecule has 0 radical (unpaired) electrons. The fraction of sp³-hybridized carbons (Fsp3) is 0.0769. The van der Waals surface area contributed by atoms with Gasteiger partial charge in [0.05, 0.1) is 28.4 Å². The van der Waals surface area contributed by atoms with Crippen molar-refractivity contribution in [3.8, 4) is 5.75 Å². The summed E-state index contributed by atoms with van der Waals surface area (Å²) in [7, 11) is 1.24. The average molecular weight is 525 g/mol. The lowest BCUT2D eigenvalue weighted by Crippen LogP contribution is -2.54. The highest BCUT2D eigenvalue weighted by Crippen LogP contribution is 2.25. The van der Waals surface area contributed by atoms with E-state index >= 15 is 0 Å². The van der Waals surface area contributed by atoms with Gasteiger partial charge in [-0.05, 0) is 65.7 Å². The van der Waals surface area contributed by atoms with Crippen LogP contribution in [-0.4, -0.2) is 30.9 Å². The van der Waals surface area contributed by atoms with Crippen LogP contribution in [0.15, 0.2) is 72.3 Å². The zero-order valence-electron chi connectivity index (χ0n) is 18.8. The van der Waals surface area contributed by atoms with E-state index in [0.29, 0.717) is 21.4 Å². The molecule has 0 aromatic heterocycles. The standard InChI is InChI=1S/C26H18Cl2N2O6/c1-35-25(33)17-5-7-18(8-6-17)30-24(32)20(23(31)29-26(30)34)12-15-2-9-19(10-3-15)36-14-16-4-11-21(27)22(28)13-16/h2-13H,14H2,1H3,(H,29,31,34)/b20-12+. The first kappa shape index (κ1) is 25.0. The minimum absolute atomic E-state index is 0.189. The van der Waals surface area contributed by atoms with Gasteiger partial charge in [-0.25, -0.2) is 14.5 Å². The number of esters is 1. The molecule has 0 spiro atoms. The molecule has 0 unspecified atom stereocenters. The van der Waals surface area contributed by atoms with E-state index in [9.17, 15) is 19.2 Å². The van der Waals surface area contributed by atoms with Crippen LogP contribution in [0.5, 0.6) is 5.75 Å². The first-order valence-electron chi connectivity index (χ1n) is 10.5. The van der Waals surface area contributed by atoms with Gasteiger partial charge in [0.1, 0.15) is 17.9 Å². The van der Waals surface area contributed by atoms with E-state index in [1.807, 2.05) is 0 Å². The van der Waals surface area contributed by atoms with Gasteiger partial charge in [0.25, 0.3) is 11.8 Å². The third-order valence-corrected chi connectivity index (χ3v) is 5.97. The number of barbiturate groups is 1. The van der Waals surface area contributed by atoms with E-state index in [1.54, 1.807) is 42.5 Å².